The third-order valence-corrected chi connectivity index (χ3v) is 5.81. The zero-order chi connectivity index (χ0) is 24.4. The van der Waals surface area contributed by atoms with Gasteiger partial charge in [-0.2, -0.15) is 0 Å². The molecular formula is C29H23N3O3. The summed E-state index contributed by atoms with van der Waals surface area (Å²) in [7, 11) is 0. The summed E-state index contributed by atoms with van der Waals surface area (Å²) < 4.78 is 0. The largest absolute Gasteiger partial charge is 0.508 e. The van der Waals surface area contributed by atoms with Gasteiger partial charge in [-0.3, -0.25) is 4.79 Å². The lowest BCUT2D eigenvalue weighted by Gasteiger charge is -2.24. The molecule has 0 aliphatic rings. The number of nitrogens with zero attached hydrogens (tertiary/aromatic N) is 3. The zero-order valence-electron chi connectivity index (χ0n) is 19.1. The number of phenols is 2. The first-order valence-electron chi connectivity index (χ1n) is 11.2. The van der Waals surface area contributed by atoms with Crippen LogP contribution < -0.4 is 4.90 Å². The summed E-state index contributed by atoms with van der Waals surface area (Å²) in [5.74, 6) is -0.0631. The van der Waals surface area contributed by atoms with Gasteiger partial charge in [-0.25, -0.2) is 9.97 Å². The van der Waals surface area contributed by atoms with Crippen molar-refractivity contribution in [3.05, 3.63) is 114 Å². The van der Waals surface area contributed by atoms with E-state index in [9.17, 15) is 15.0 Å². The van der Waals surface area contributed by atoms with E-state index < -0.39 is 0 Å². The fourth-order valence-corrected chi connectivity index (χ4v) is 4.10. The van der Waals surface area contributed by atoms with Crippen LogP contribution in [0, 0.1) is 6.92 Å². The minimum Gasteiger partial charge on any atom is -0.508 e. The number of para-hydroxylation sites is 1. The van der Waals surface area contributed by atoms with E-state index >= 15 is 0 Å². The molecule has 1 heterocycles. The standard InChI is InChI=1S/C29H23N3O3/c1-19-30-26-10-6-5-9-24(26)28(31-19)21-11-13-22(14-12-21)32(18-20-7-3-2-4-8-20)29(35)25-16-15-23(33)17-27(25)34/h2-17,33-34H,18H2,1H3. The Labute approximate surface area is 202 Å². The van der Waals surface area contributed by atoms with Gasteiger partial charge in [0.05, 0.1) is 23.3 Å². The van der Waals surface area contributed by atoms with Gasteiger partial charge in [0.2, 0.25) is 0 Å². The molecule has 2 N–H and O–H groups in total. The smallest absolute Gasteiger partial charge is 0.262 e. The molecule has 1 amide bonds. The number of rotatable bonds is 5. The van der Waals surface area contributed by atoms with Crippen molar-refractivity contribution in [1.29, 1.82) is 0 Å². The van der Waals surface area contributed by atoms with Gasteiger partial charge in [0.25, 0.3) is 5.91 Å². The summed E-state index contributed by atoms with van der Waals surface area (Å²) in [5, 5.41) is 20.9. The summed E-state index contributed by atoms with van der Waals surface area (Å²) >= 11 is 0. The second kappa shape index (κ2) is 9.27. The summed E-state index contributed by atoms with van der Waals surface area (Å²) in [4.78, 5) is 24.3. The highest BCUT2D eigenvalue weighted by Gasteiger charge is 2.22. The number of hydrogen-bond acceptors (Lipinski definition) is 5. The molecule has 6 heteroatoms. The van der Waals surface area contributed by atoms with E-state index in [2.05, 4.69) is 9.97 Å². The van der Waals surface area contributed by atoms with E-state index in [4.69, 9.17) is 0 Å². The van der Waals surface area contributed by atoms with Gasteiger partial charge in [-0.1, -0.05) is 60.7 Å². The van der Waals surface area contributed by atoms with E-state index in [1.807, 2.05) is 85.8 Å². The molecule has 4 aromatic carbocycles. The lowest BCUT2D eigenvalue weighted by Crippen LogP contribution is -2.30. The molecule has 0 fully saturated rings. The Hall–Kier alpha value is -4.71. The maximum absolute atomic E-state index is 13.5. The first kappa shape index (κ1) is 22.1. The Bertz CT molecular complexity index is 1520. The minimum atomic E-state index is -0.373. The second-order valence-electron chi connectivity index (χ2n) is 8.26. The predicted octanol–water partition coefficient (Wildman–Crippen LogP) is 5.86. The molecule has 0 radical (unpaired) electrons. The van der Waals surface area contributed by atoms with Crippen LogP contribution in [0.1, 0.15) is 21.7 Å². The Morgan fingerprint density at radius 3 is 2.29 bits per heavy atom. The summed E-state index contributed by atoms with van der Waals surface area (Å²) in [6.45, 7) is 2.18. The first-order chi connectivity index (χ1) is 17.0. The van der Waals surface area contributed by atoms with Crippen LogP contribution in [-0.4, -0.2) is 26.1 Å². The van der Waals surface area contributed by atoms with Crippen molar-refractivity contribution in [2.75, 3.05) is 4.90 Å². The van der Waals surface area contributed by atoms with Gasteiger partial charge in [-0.15, -0.1) is 0 Å². The Kier molecular flexibility index (Phi) is 5.85. The minimum absolute atomic E-state index is 0.106. The van der Waals surface area contributed by atoms with Crippen molar-refractivity contribution in [3.8, 4) is 22.8 Å². The van der Waals surface area contributed by atoms with Crippen LogP contribution in [0.15, 0.2) is 97.1 Å². The van der Waals surface area contributed by atoms with Crippen molar-refractivity contribution >= 4 is 22.5 Å². The van der Waals surface area contributed by atoms with Crippen molar-refractivity contribution in [3.63, 3.8) is 0 Å². The van der Waals surface area contributed by atoms with E-state index in [0.29, 0.717) is 18.1 Å². The van der Waals surface area contributed by atoms with Gasteiger partial charge < -0.3 is 15.1 Å². The molecule has 6 nitrogen and oxygen atoms in total. The highest BCUT2D eigenvalue weighted by molar-refractivity contribution is 6.08. The monoisotopic (exact) mass is 461 g/mol. The van der Waals surface area contributed by atoms with Crippen LogP contribution in [-0.2, 0) is 6.54 Å². The number of aromatic nitrogens is 2. The molecule has 0 aliphatic heterocycles. The molecule has 0 bridgehead atoms. The predicted molar refractivity (Wildman–Crippen MR) is 136 cm³/mol. The van der Waals surface area contributed by atoms with Crippen molar-refractivity contribution in [2.24, 2.45) is 0 Å². The van der Waals surface area contributed by atoms with Gasteiger partial charge in [0.15, 0.2) is 0 Å². The van der Waals surface area contributed by atoms with E-state index in [-0.39, 0.29) is 23.0 Å². The van der Waals surface area contributed by atoms with Gasteiger partial charge in [0, 0.05) is 22.7 Å². The molecule has 0 unspecified atom stereocenters. The quantitative estimate of drug-likeness (QED) is 0.342. The average molecular weight is 462 g/mol. The van der Waals surface area contributed by atoms with E-state index in [1.165, 1.54) is 18.2 Å². The molecule has 5 aromatic rings. The molecule has 35 heavy (non-hydrogen) atoms. The molecule has 172 valence electrons. The van der Waals surface area contributed by atoms with Crippen LogP contribution in [0.5, 0.6) is 11.5 Å². The molecule has 0 saturated carbocycles. The normalized spacial score (nSPS) is 10.9. The SMILES string of the molecule is Cc1nc(-c2ccc(N(Cc3ccccc3)C(=O)c3ccc(O)cc3O)cc2)c2ccccc2n1. The van der Waals surface area contributed by atoms with Crippen molar-refractivity contribution < 1.29 is 15.0 Å². The van der Waals surface area contributed by atoms with Crippen LogP contribution in [0.2, 0.25) is 0 Å². The van der Waals surface area contributed by atoms with Crippen LogP contribution in [0.25, 0.3) is 22.2 Å². The molecular weight excluding hydrogens is 438 g/mol. The lowest BCUT2D eigenvalue weighted by molar-refractivity contribution is 0.0982. The van der Waals surface area contributed by atoms with E-state index in [1.54, 1.807) is 4.90 Å². The second-order valence-corrected chi connectivity index (χ2v) is 8.26. The molecule has 1 aromatic heterocycles. The number of anilines is 1. The molecule has 0 spiro atoms. The van der Waals surface area contributed by atoms with Crippen LogP contribution in [0.4, 0.5) is 5.69 Å². The number of aryl methyl sites for hydroxylation is 1. The summed E-state index contributed by atoms with van der Waals surface area (Å²) in [6, 6.07) is 29.1. The molecule has 5 rings (SSSR count). The topological polar surface area (TPSA) is 86.6 Å². The van der Waals surface area contributed by atoms with Gasteiger partial charge in [0.1, 0.15) is 17.3 Å². The van der Waals surface area contributed by atoms with Crippen molar-refractivity contribution in [1.82, 2.24) is 9.97 Å². The Morgan fingerprint density at radius 2 is 1.54 bits per heavy atom. The highest BCUT2D eigenvalue weighted by Crippen LogP contribution is 2.31. The van der Waals surface area contributed by atoms with Crippen LogP contribution in [0.3, 0.4) is 0 Å². The number of benzene rings is 4. The van der Waals surface area contributed by atoms with Crippen molar-refractivity contribution in [2.45, 2.75) is 13.5 Å². The van der Waals surface area contributed by atoms with Crippen LogP contribution >= 0.6 is 0 Å². The maximum Gasteiger partial charge on any atom is 0.262 e. The zero-order valence-corrected chi connectivity index (χ0v) is 19.1. The number of aromatic hydroxyl groups is 2. The average Bonchev–Trinajstić information content (AvgIpc) is 2.87. The number of hydrogen-bond donors (Lipinski definition) is 2. The highest BCUT2D eigenvalue weighted by atomic mass is 16.3. The number of carbonyl (C=O) groups is 1. The lowest BCUT2D eigenvalue weighted by atomic mass is 10.0. The fourth-order valence-electron chi connectivity index (χ4n) is 4.10. The number of phenolic OH excluding ortho intramolecular Hbond substituents is 2. The maximum atomic E-state index is 13.5. The third kappa shape index (κ3) is 4.54. The molecule has 0 aliphatic carbocycles. The third-order valence-electron chi connectivity index (χ3n) is 5.81. The number of fused-ring (bicyclic) bond motifs is 1. The number of carbonyl (C=O) groups excluding carboxylic acids is 1. The summed E-state index contributed by atoms with van der Waals surface area (Å²) in [5.41, 5.74) is 4.35. The fraction of sp³-hybridized carbons (Fsp3) is 0.0690. The molecule has 0 saturated heterocycles. The van der Waals surface area contributed by atoms with Gasteiger partial charge >= 0.3 is 0 Å². The Balaban J connectivity index is 1.55. The summed E-state index contributed by atoms with van der Waals surface area (Å²) in [6.07, 6.45) is 0. The van der Waals surface area contributed by atoms with E-state index in [0.717, 1.165) is 27.7 Å². The Morgan fingerprint density at radius 1 is 0.829 bits per heavy atom. The number of amides is 1. The van der Waals surface area contributed by atoms with Gasteiger partial charge in [-0.05, 0) is 42.8 Å². The first-order valence-corrected chi connectivity index (χ1v) is 11.2. The molecule has 0 atom stereocenters.